The van der Waals surface area contributed by atoms with Gasteiger partial charge in [0.2, 0.25) is 0 Å². The molecule has 0 unspecified atom stereocenters. The van der Waals surface area contributed by atoms with E-state index in [0.29, 0.717) is 0 Å². The van der Waals surface area contributed by atoms with Crippen molar-refractivity contribution in [2.75, 3.05) is 32.5 Å². The molecule has 1 aliphatic heterocycles. The first kappa shape index (κ1) is 19.0. The van der Waals surface area contributed by atoms with Crippen molar-refractivity contribution in [1.82, 2.24) is 0 Å². The Labute approximate surface area is 152 Å². The quantitative estimate of drug-likeness (QED) is 0.780. The predicted octanol–water partition coefficient (Wildman–Crippen LogP) is 2.09. The highest BCUT2D eigenvalue weighted by molar-refractivity contribution is 6.45. The van der Waals surface area contributed by atoms with E-state index < -0.39 is 17.9 Å². The number of carboxylic acids is 1. The lowest BCUT2D eigenvalue weighted by atomic mass is 10.1. The molecular formula is C15H13Cl2NO7. The van der Waals surface area contributed by atoms with E-state index in [2.05, 4.69) is 4.74 Å². The highest BCUT2D eigenvalue weighted by Gasteiger charge is 2.34. The van der Waals surface area contributed by atoms with Crippen LogP contribution in [0.15, 0.2) is 23.4 Å². The topological polar surface area (TPSA) is 102 Å². The van der Waals surface area contributed by atoms with Crippen LogP contribution in [0.1, 0.15) is 10.4 Å². The number of carboxylic acid groups (broad SMARTS) is 1. The molecule has 25 heavy (non-hydrogen) atoms. The van der Waals surface area contributed by atoms with Gasteiger partial charge in [0.15, 0.2) is 0 Å². The van der Waals surface area contributed by atoms with Crippen LogP contribution in [0, 0.1) is 0 Å². The van der Waals surface area contributed by atoms with E-state index in [-0.39, 0.29) is 45.9 Å². The number of benzene rings is 1. The maximum Gasteiger partial charge on any atom is 0.355 e. The van der Waals surface area contributed by atoms with Crippen LogP contribution in [0.3, 0.4) is 0 Å². The van der Waals surface area contributed by atoms with Gasteiger partial charge in [-0.05, 0) is 12.1 Å². The molecule has 0 bridgehead atoms. The molecule has 2 rings (SSSR count). The Balaban J connectivity index is 2.64. The molecule has 0 radical (unpaired) electrons. The Morgan fingerprint density at radius 2 is 1.76 bits per heavy atom. The van der Waals surface area contributed by atoms with Gasteiger partial charge in [0, 0.05) is 0 Å². The third-order valence-corrected chi connectivity index (χ3v) is 4.29. The number of hydrogen-bond acceptors (Lipinski definition) is 7. The number of hydrogen-bond donors (Lipinski definition) is 1. The highest BCUT2D eigenvalue weighted by Crippen LogP contribution is 2.38. The SMILES string of the molecule is COC(=O)C1=C(C(=O)OC)N(c2ccc(C(=O)O)c(Cl)c2Cl)COC1. The number of halogens is 2. The van der Waals surface area contributed by atoms with E-state index in [0.717, 1.165) is 14.2 Å². The molecule has 1 aromatic carbocycles. The summed E-state index contributed by atoms with van der Waals surface area (Å²) in [5, 5.41) is 8.77. The van der Waals surface area contributed by atoms with Crippen molar-refractivity contribution in [3.05, 3.63) is 39.0 Å². The summed E-state index contributed by atoms with van der Waals surface area (Å²) in [4.78, 5) is 36.5. The summed E-state index contributed by atoms with van der Waals surface area (Å²) >= 11 is 12.2. The fourth-order valence-corrected chi connectivity index (χ4v) is 2.75. The summed E-state index contributed by atoms with van der Waals surface area (Å²) in [6.45, 7) is -0.292. The molecule has 0 spiro atoms. The number of esters is 2. The largest absolute Gasteiger partial charge is 0.478 e. The molecule has 1 heterocycles. The minimum absolute atomic E-state index is 0.0601. The predicted molar refractivity (Wildman–Crippen MR) is 87.8 cm³/mol. The fourth-order valence-electron chi connectivity index (χ4n) is 2.25. The summed E-state index contributed by atoms with van der Waals surface area (Å²) in [6, 6.07) is 2.58. The summed E-state index contributed by atoms with van der Waals surface area (Å²) in [6.07, 6.45) is 0. The van der Waals surface area contributed by atoms with Crippen molar-refractivity contribution in [1.29, 1.82) is 0 Å². The van der Waals surface area contributed by atoms with Gasteiger partial charge >= 0.3 is 17.9 Å². The van der Waals surface area contributed by atoms with Gasteiger partial charge in [-0.1, -0.05) is 23.2 Å². The van der Waals surface area contributed by atoms with Crippen LogP contribution in [-0.2, 0) is 23.8 Å². The molecule has 1 N–H and O–H groups in total. The molecule has 0 aromatic heterocycles. The molecule has 0 atom stereocenters. The summed E-state index contributed by atoms with van der Waals surface area (Å²) < 4.78 is 14.7. The minimum Gasteiger partial charge on any atom is -0.478 e. The molecule has 1 aliphatic rings. The van der Waals surface area contributed by atoms with Crippen LogP contribution in [0.2, 0.25) is 10.0 Å². The van der Waals surface area contributed by atoms with Gasteiger partial charge in [-0.25, -0.2) is 14.4 Å². The molecule has 10 heteroatoms. The third kappa shape index (κ3) is 3.55. The third-order valence-electron chi connectivity index (χ3n) is 3.42. The van der Waals surface area contributed by atoms with Gasteiger partial charge in [-0.2, -0.15) is 0 Å². The van der Waals surface area contributed by atoms with E-state index >= 15 is 0 Å². The number of ether oxygens (including phenoxy) is 3. The Kier molecular flexibility index (Phi) is 5.89. The maximum atomic E-state index is 12.2. The number of nitrogens with zero attached hydrogens (tertiary/aromatic N) is 1. The molecule has 0 saturated carbocycles. The lowest BCUT2D eigenvalue weighted by Gasteiger charge is -2.32. The van der Waals surface area contributed by atoms with Crippen molar-refractivity contribution in [2.45, 2.75) is 0 Å². The van der Waals surface area contributed by atoms with Crippen molar-refractivity contribution in [2.24, 2.45) is 0 Å². The first-order chi connectivity index (χ1) is 11.8. The van der Waals surface area contributed by atoms with Gasteiger partial charge in [0.25, 0.3) is 0 Å². The van der Waals surface area contributed by atoms with Crippen molar-refractivity contribution < 1.29 is 33.7 Å². The monoisotopic (exact) mass is 389 g/mol. The van der Waals surface area contributed by atoms with Crippen LogP contribution >= 0.6 is 23.2 Å². The van der Waals surface area contributed by atoms with E-state index in [1.165, 1.54) is 17.0 Å². The van der Waals surface area contributed by atoms with Crippen molar-refractivity contribution in [3.63, 3.8) is 0 Å². The number of methoxy groups -OCH3 is 2. The zero-order chi connectivity index (χ0) is 18.7. The van der Waals surface area contributed by atoms with Crippen LogP contribution in [0.25, 0.3) is 0 Å². The zero-order valence-corrected chi connectivity index (χ0v) is 14.7. The van der Waals surface area contributed by atoms with E-state index in [9.17, 15) is 14.4 Å². The Hall–Kier alpha value is -2.29. The summed E-state index contributed by atoms with van der Waals surface area (Å²) in [7, 11) is 2.31. The average Bonchev–Trinajstić information content (AvgIpc) is 2.61. The maximum absolute atomic E-state index is 12.2. The first-order valence-electron chi connectivity index (χ1n) is 6.79. The standard InChI is InChI=1S/C15H13Cl2NO7/c1-23-14(21)8-5-25-6-18(12(8)15(22)24-2)9-4-3-7(13(19)20)10(16)11(9)17/h3-4H,5-6H2,1-2H3,(H,19,20). The second-order valence-electron chi connectivity index (χ2n) is 4.78. The zero-order valence-electron chi connectivity index (χ0n) is 13.2. The number of anilines is 1. The van der Waals surface area contributed by atoms with Crippen molar-refractivity contribution in [3.8, 4) is 0 Å². The molecule has 1 aromatic rings. The minimum atomic E-state index is -1.26. The summed E-state index contributed by atoms with van der Waals surface area (Å²) in [5.41, 5.74) is -0.208. The number of rotatable bonds is 4. The molecule has 8 nitrogen and oxygen atoms in total. The molecule has 0 aliphatic carbocycles. The first-order valence-corrected chi connectivity index (χ1v) is 7.55. The van der Waals surface area contributed by atoms with E-state index in [4.69, 9.17) is 37.8 Å². The van der Waals surface area contributed by atoms with Gasteiger partial charge in [-0.3, -0.25) is 0 Å². The molecular weight excluding hydrogens is 377 g/mol. The molecule has 0 amide bonds. The van der Waals surface area contributed by atoms with E-state index in [1.807, 2.05) is 0 Å². The lowest BCUT2D eigenvalue weighted by Crippen LogP contribution is -2.39. The van der Waals surface area contributed by atoms with Crippen LogP contribution in [0.5, 0.6) is 0 Å². The van der Waals surface area contributed by atoms with Gasteiger partial charge in [0.1, 0.15) is 12.4 Å². The van der Waals surface area contributed by atoms with Crippen LogP contribution < -0.4 is 4.90 Å². The van der Waals surface area contributed by atoms with Crippen molar-refractivity contribution >= 4 is 46.8 Å². The summed E-state index contributed by atoms with van der Waals surface area (Å²) in [5.74, 6) is -2.83. The Morgan fingerprint density at radius 1 is 1.12 bits per heavy atom. The van der Waals surface area contributed by atoms with E-state index in [1.54, 1.807) is 0 Å². The smallest absolute Gasteiger partial charge is 0.355 e. The van der Waals surface area contributed by atoms with Crippen LogP contribution in [0.4, 0.5) is 5.69 Å². The number of carbonyl (C=O) groups excluding carboxylic acids is 2. The number of aromatic carboxylic acids is 1. The average molecular weight is 390 g/mol. The van der Waals surface area contributed by atoms with Gasteiger partial charge in [0.05, 0.1) is 47.7 Å². The molecule has 134 valence electrons. The Morgan fingerprint density at radius 3 is 2.32 bits per heavy atom. The highest BCUT2D eigenvalue weighted by atomic mass is 35.5. The number of carbonyl (C=O) groups is 3. The Bertz CT molecular complexity index is 775. The second kappa shape index (κ2) is 7.73. The molecule has 0 fully saturated rings. The van der Waals surface area contributed by atoms with Gasteiger partial charge < -0.3 is 24.2 Å². The normalized spacial score (nSPS) is 14.3. The lowest BCUT2D eigenvalue weighted by molar-refractivity contribution is -0.140. The second-order valence-corrected chi connectivity index (χ2v) is 5.54. The van der Waals surface area contributed by atoms with Crippen LogP contribution in [-0.4, -0.2) is 50.6 Å². The molecule has 0 saturated heterocycles. The fraction of sp³-hybridized carbons (Fsp3) is 0.267. The van der Waals surface area contributed by atoms with Gasteiger partial charge in [-0.15, -0.1) is 0 Å².